The van der Waals surface area contributed by atoms with Crippen LogP contribution in [0.3, 0.4) is 0 Å². The van der Waals surface area contributed by atoms with Crippen LogP contribution in [-0.2, 0) is 25.9 Å². The summed E-state index contributed by atoms with van der Waals surface area (Å²) in [4.78, 5) is 8.60. The van der Waals surface area contributed by atoms with Crippen molar-refractivity contribution in [3.8, 4) is 0 Å². The van der Waals surface area contributed by atoms with Crippen molar-refractivity contribution in [2.75, 3.05) is 0 Å². The third-order valence-corrected chi connectivity index (χ3v) is 3.59. The van der Waals surface area contributed by atoms with Crippen molar-refractivity contribution in [3.63, 3.8) is 0 Å². The molecule has 0 fully saturated rings. The monoisotopic (exact) mass is 306 g/mol. The highest BCUT2D eigenvalue weighted by atomic mass is 16.3. The van der Waals surface area contributed by atoms with E-state index in [-0.39, 0.29) is 0 Å². The average molecular weight is 306 g/mol. The number of hydrogen-bond acceptors (Lipinski definition) is 5. The molecule has 1 N–H and O–H groups in total. The normalized spacial score (nSPS) is 13.5. The number of rotatable bonds is 8. The van der Waals surface area contributed by atoms with Crippen LogP contribution >= 0.6 is 0 Å². The van der Waals surface area contributed by atoms with Crippen LogP contribution in [0.25, 0.3) is 0 Å². The Hall–Kier alpha value is -1.76. The van der Waals surface area contributed by atoms with Gasteiger partial charge in [-0.2, -0.15) is 10.2 Å². The van der Waals surface area contributed by atoms with Gasteiger partial charge in [0, 0.05) is 19.4 Å². The third-order valence-electron chi connectivity index (χ3n) is 3.59. The highest BCUT2D eigenvalue weighted by molar-refractivity contribution is 4.96. The van der Waals surface area contributed by atoms with E-state index in [9.17, 15) is 5.11 Å². The maximum Gasteiger partial charge on any atom is 0.151 e. The molecule has 0 saturated heterocycles. The molecule has 2 heterocycles. The molecule has 2 aromatic heterocycles. The van der Waals surface area contributed by atoms with Crippen LogP contribution in [0.5, 0.6) is 0 Å². The fraction of sp³-hybridized carbons (Fsp3) is 0.733. The summed E-state index contributed by atoms with van der Waals surface area (Å²) in [5.41, 5.74) is -0.816. The van der Waals surface area contributed by atoms with Crippen LogP contribution in [0.2, 0.25) is 0 Å². The Labute approximate surface area is 131 Å². The van der Waals surface area contributed by atoms with E-state index in [1.807, 2.05) is 4.68 Å². The zero-order chi connectivity index (χ0) is 16.2. The Balaban J connectivity index is 2.13. The summed E-state index contributed by atoms with van der Waals surface area (Å²) in [7, 11) is 0. The Morgan fingerprint density at radius 3 is 2.73 bits per heavy atom. The minimum absolute atomic E-state index is 0.438. The number of aliphatic hydroxyl groups is 1. The maximum atomic E-state index is 10.1. The molecule has 122 valence electrons. The first-order valence-corrected chi connectivity index (χ1v) is 7.84. The van der Waals surface area contributed by atoms with Gasteiger partial charge in [-0.3, -0.25) is 4.68 Å². The van der Waals surface area contributed by atoms with E-state index >= 15 is 0 Å². The van der Waals surface area contributed by atoms with Crippen molar-refractivity contribution >= 4 is 0 Å². The summed E-state index contributed by atoms with van der Waals surface area (Å²) >= 11 is 0. The molecule has 22 heavy (non-hydrogen) atoms. The SMILES string of the molecule is CCC(C)Cc1nc(CCn2cncn2)n(CC(C)(C)O)n1. The van der Waals surface area contributed by atoms with Crippen LogP contribution in [-0.4, -0.2) is 40.2 Å². The molecule has 0 saturated carbocycles. The summed E-state index contributed by atoms with van der Waals surface area (Å²) in [5, 5.41) is 18.8. The average Bonchev–Trinajstić information content (AvgIpc) is 3.04. The largest absolute Gasteiger partial charge is 0.389 e. The number of nitrogens with zero attached hydrogens (tertiary/aromatic N) is 6. The second kappa shape index (κ2) is 7.00. The lowest BCUT2D eigenvalue weighted by atomic mass is 10.1. The van der Waals surface area contributed by atoms with Gasteiger partial charge < -0.3 is 5.11 Å². The Morgan fingerprint density at radius 1 is 1.36 bits per heavy atom. The van der Waals surface area contributed by atoms with Gasteiger partial charge in [-0.05, 0) is 19.8 Å². The molecular formula is C15H26N6O. The first-order chi connectivity index (χ1) is 10.4. The van der Waals surface area contributed by atoms with Crippen molar-refractivity contribution < 1.29 is 5.11 Å². The van der Waals surface area contributed by atoms with E-state index < -0.39 is 5.60 Å². The smallest absolute Gasteiger partial charge is 0.151 e. The van der Waals surface area contributed by atoms with E-state index in [1.165, 1.54) is 6.33 Å². The Kier molecular flexibility index (Phi) is 5.28. The lowest BCUT2D eigenvalue weighted by Crippen LogP contribution is -2.28. The van der Waals surface area contributed by atoms with Crippen LogP contribution in [0.1, 0.15) is 45.8 Å². The molecule has 0 bridgehead atoms. The van der Waals surface area contributed by atoms with Crippen LogP contribution in [0.15, 0.2) is 12.7 Å². The third kappa shape index (κ3) is 4.91. The molecule has 1 unspecified atom stereocenters. The van der Waals surface area contributed by atoms with Gasteiger partial charge in [0.25, 0.3) is 0 Å². The molecule has 0 aromatic carbocycles. The van der Waals surface area contributed by atoms with Crippen molar-refractivity contribution in [1.29, 1.82) is 0 Å². The summed E-state index contributed by atoms with van der Waals surface area (Å²) in [5.74, 6) is 2.30. The standard InChI is InChI=1S/C15H26N6O/c1-5-12(2)8-13-18-14(6-7-20-11-16-10-17-20)21(19-13)9-15(3,4)22/h10-12,22H,5-9H2,1-4H3. The van der Waals surface area contributed by atoms with Crippen LogP contribution in [0.4, 0.5) is 0 Å². The van der Waals surface area contributed by atoms with Crippen LogP contribution in [0, 0.1) is 5.92 Å². The van der Waals surface area contributed by atoms with Crippen molar-refractivity contribution in [1.82, 2.24) is 29.5 Å². The van der Waals surface area contributed by atoms with Gasteiger partial charge in [0.15, 0.2) is 5.82 Å². The molecule has 2 rings (SSSR count). The number of hydrogen-bond donors (Lipinski definition) is 1. The maximum absolute atomic E-state index is 10.1. The number of aryl methyl sites for hydroxylation is 2. The number of aromatic nitrogens is 6. The lowest BCUT2D eigenvalue weighted by molar-refractivity contribution is 0.0564. The molecule has 1 atom stereocenters. The minimum Gasteiger partial charge on any atom is -0.389 e. The zero-order valence-corrected chi connectivity index (χ0v) is 13.9. The van der Waals surface area contributed by atoms with Gasteiger partial charge in [0.05, 0.1) is 12.1 Å². The van der Waals surface area contributed by atoms with Crippen molar-refractivity contribution in [2.24, 2.45) is 5.92 Å². The van der Waals surface area contributed by atoms with E-state index in [1.54, 1.807) is 24.9 Å². The predicted molar refractivity (Wildman–Crippen MR) is 83.2 cm³/mol. The van der Waals surface area contributed by atoms with E-state index in [0.29, 0.717) is 25.4 Å². The Morgan fingerprint density at radius 2 is 2.14 bits per heavy atom. The fourth-order valence-electron chi connectivity index (χ4n) is 2.21. The molecule has 0 aliphatic rings. The van der Waals surface area contributed by atoms with E-state index in [0.717, 1.165) is 24.5 Å². The molecule has 2 aromatic rings. The molecule has 0 spiro atoms. The summed E-state index contributed by atoms with van der Waals surface area (Å²) in [6.07, 6.45) is 5.90. The molecule has 0 radical (unpaired) electrons. The molecular weight excluding hydrogens is 280 g/mol. The molecule has 0 aliphatic heterocycles. The van der Waals surface area contributed by atoms with Gasteiger partial charge >= 0.3 is 0 Å². The molecule has 7 heteroatoms. The first kappa shape index (κ1) is 16.6. The Bertz CT molecular complexity index is 569. The molecule has 7 nitrogen and oxygen atoms in total. The van der Waals surface area contributed by atoms with Gasteiger partial charge in [0.1, 0.15) is 18.5 Å². The minimum atomic E-state index is -0.816. The van der Waals surface area contributed by atoms with Gasteiger partial charge in [0.2, 0.25) is 0 Å². The summed E-state index contributed by atoms with van der Waals surface area (Å²) in [6, 6.07) is 0. The second-order valence-corrected chi connectivity index (χ2v) is 6.54. The second-order valence-electron chi connectivity index (χ2n) is 6.54. The summed E-state index contributed by atoms with van der Waals surface area (Å²) < 4.78 is 3.60. The van der Waals surface area contributed by atoms with E-state index in [4.69, 9.17) is 0 Å². The molecule has 0 aliphatic carbocycles. The van der Waals surface area contributed by atoms with Gasteiger partial charge in [-0.1, -0.05) is 20.3 Å². The van der Waals surface area contributed by atoms with Crippen molar-refractivity contribution in [2.45, 2.75) is 65.6 Å². The van der Waals surface area contributed by atoms with Crippen LogP contribution < -0.4 is 0 Å². The topological polar surface area (TPSA) is 81.7 Å². The van der Waals surface area contributed by atoms with Crippen molar-refractivity contribution in [3.05, 3.63) is 24.3 Å². The van der Waals surface area contributed by atoms with Gasteiger partial charge in [-0.15, -0.1) is 0 Å². The predicted octanol–water partition coefficient (Wildman–Crippen LogP) is 1.47. The highest BCUT2D eigenvalue weighted by Gasteiger charge is 2.19. The summed E-state index contributed by atoms with van der Waals surface area (Å²) in [6.45, 7) is 9.07. The fourth-order valence-corrected chi connectivity index (χ4v) is 2.21. The van der Waals surface area contributed by atoms with Gasteiger partial charge in [-0.25, -0.2) is 14.6 Å². The lowest BCUT2D eigenvalue weighted by Gasteiger charge is -2.18. The first-order valence-electron chi connectivity index (χ1n) is 7.84. The quantitative estimate of drug-likeness (QED) is 0.798. The highest BCUT2D eigenvalue weighted by Crippen LogP contribution is 2.13. The zero-order valence-electron chi connectivity index (χ0n) is 13.9. The molecule has 0 amide bonds. The van der Waals surface area contributed by atoms with E-state index in [2.05, 4.69) is 34.0 Å².